The molecule has 2 aromatic heterocycles. The standard InChI is InChI=1S/C19H24N6S/c1-13-17(12-24(4)22-13)10-20-19(26)21-18-14(2)23-25(15(18)3)11-16-8-6-5-7-9-16/h5-9,12H,10-11H2,1-4H3,(H2,20,21,26). The van der Waals surface area contributed by atoms with E-state index >= 15 is 0 Å². The summed E-state index contributed by atoms with van der Waals surface area (Å²) in [6.07, 6.45) is 2.00. The fourth-order valence-electron chi connectivity index (χ4n) is 2.94. The van der Waals surface area contributed by atoms with Gasteiger partial charge in [0.05, 0.1) is 29.3 Å². The molecule has 2 N–H and O–H groups in total. The normalized spacial score (nSPS) is 10.8. The largest absolute Gasteiger partial charge is 0.358 e. The Labute approximate surface area is 159 Å². The number of thiocarbonyl (C=S) groups is 1. The van der Waals surface area contributed by atoms with Gasteiger partial charge in [0, 0.05) is 25.4 Å². The maximum atomic E-state index is 5.46. The minimum Gasteiger partial charge on any atom is -0.358 e. The molecule has 0 spiro atoms. The highest BCUT2D eigenvalue weighted by Crippen LogP contribution is 2.20. The van der Waals surface area contributed by atoms with Crippen molar-refractivity contribution in [3.8, 4) is 0 Å². The second-order valence-electron chi connectivity index (χ2n) is 6.41. The zero-order valence-corrected chi connectivity index (χ0v) is 16.4. The Hall–Kier alpha value is -2.67. The summed E-state index contributed by atoms with van der Waals surface area (Å²) in [7, 11) is 1.92. The van der Waals surface area contributed by atoms with Crippen LogP contribution in [0.4, 0.5) is 5.69 Å². The molecule has 1 aromatic carbocycles. The van der Waals surface area contributed by atoms with Crippen LogP contribution in [0.5, 0.6) is 0 Å². The lowest BCUT2D eigenvalue weighted by Gasteiger charge is -2.11. The van der Waals surface area contributed by atoms with Gasteiger partial charge in [-0.3, -0.25) is 9.36 Å². The number of hydrogen-bond donors (Lipinski definition) is 2. The van der Waals surface area contributed by atoms with Crippen molar-refractivity contribution in [2.45, 2.75) is 33.9 Å². The third kappa shape index (κ3) is 4.11. The number of aryl methyl sites for hydroxylation is 3. The van der Waals surface area contributed by atoms with Crippen LogP contribution < -0.4 is 10.6 Å². The van der Waals surface area contributed by atoms with Crippen molar-refractivity contribution in [2.24, 2.45) is 7.05 Å². The van der Waals surface area contributed by atoms with E-state index in [4.69, 9.17) is 12.2 Å². The summed E-state index contributed by atoms with van der Waals surface area (Å²) in [6.45, 7) is 7.42. The Kier molecular flexibility index (Phi) is 5.37. The molecule has 0 radical (unpaired) electrons. The van der Waals surface area contributed by atoms with Crippen LogP contribution in [0.15, 0.2) is 36.5 Å². The summed E-state index contributed by atoms with van der Waals surface area (Å²) < 4.78 is 3.81. The average molecular weight is 369 g/mol. The molecule has 3 aromatic rings. The first-order valence-corrected chi connectivity index (χ1v) is 8.96. The highest BCUT2D eigenvalue weighted by Gasteiger charge is 2.13. The van der Waals surface area contributed by atoms with E-state index in [1.165, 1.54) is 5.56 Å². The molecule has 7 heteroatoms. The molecular formula is C19H24N6S. The summed E-state index contributed by atoms with van der Waals surface area (Å²) in [5.74, 6) is 0. The van der Waals surface area contributed by atoms with E-state index in [0.717, 1.165) is 34.9 Å². The Bertz CT molecular complexity index is 910. The lowest BCUT2D eigenvalue weighted by atomic mass is 10.2. The van der Waals surface area contributed by atoms with Crippen molar-refractivity contribution < 1.29 is 0 Å². The zero-order valence-electron chi connectivity index (χ0n) is 15.6. The fourth-order valence-corrected chi connectivity index (χ4v) is 3.12. The number of nitrogens with zero attached hydrogens (tertiary/aromatic N) is 4. The van der Waals surface area contributed by atoms with Crippen molar-refractivity contribution in [1.29, 1.82) is 0 Å². The van der Waals surface area contributed by atoms with Crippen LogP contribution in [-0.4, -0.2) is 24.7 Å². The molecule has 3 rings (SSSR count). The quantitative estimate of drug-likeness (QED) is 0.678. The summed E-state index contributed by atoms with van der Waals surface area (Å²) in [4.78, 5) is 0. The van der Waals surface area contributed by atoms with Gasteiger partial charge in [-0.1, -0.05) is 30.3 Å². The summed E-state index contributed by atoms with van der Waals surface area (Å²) in [6, 6.07) is 10.3. The molecule has 136 valence electrons. The number of hydrogen-bond acceptors (Lipinski definition) is 3. The average Bonchev–Trinajstić information content (AvgIpc) is 3.06. The molecule has 0 saturated heterocycles. The third-order valence-electron chi connectivity index (χ3n) is 4.35. The number of anilines is 1. The van der Waals surface area contributed by atoms with Crippen molar-refractivity contribution in [1.82, 2.24) is 24.9 Å². The minimum absolute atomic E-state index is 0.582. The van der Waals surface area contributed by atoms with E-state index in [9.17, 15) is 0 Å². The molecule has 0 bridgehead atoms. The Morgan fingerprint density at radius 1 is 1.08 bits per heavy atom. The molecule has 0 aliphatic heterocycles. The summed E-state index contributed by atoms with van der Waals surface area (Å²) in [5.41, 5.74) is 6.31. The van der Waals surface area contributed by atoms with Gasteiger partial charge in [-0.2, -0.15) is 10.2 Å². The van der Waals surface area contributed by atoms with Crippen molar-refractivity contribution >= 4 is 23.0 Å². The van der Waals surface area contributed by atoms with Crippen LogP contribution >= 0.6 is 12.2 Å². The second-order valence-corrected chi connectivity index (χ2v) is 6.82. The molecule has 0 atom stereocenters. The molecule has 0 amide bonds. The number of nitrogens with one attached hydrogen (secondary N) is 2. The molecule has 26 heavy (non-hydrogen) atoms. The molecule has 6 nitrogen and oxygen atoms in total. The minimum atomic E-state index is 0.582. The summed E-state index contributed by atoms with van der Waals surface area (Å²) >= 11 is 5.46. The molecular weight excluding hydrogens is 344 g/mol. The molecule has 0 unspecified atom stereocenters. The van der Waals surface area contributed by atoms with Gasteiger partial charge >= 0.3 is 0 Å². The first-order chi connectivity index (χ1) is 12.4. The molecule has 2 heterocycles. The van der Waals surface area contributed by atoms with E-state index in [1.54, 1.807) is 0 Å². The zero-order chi connectivity index (χ0) is 18.7. The number of aromatic nitrogens is 4. The Morgan fingerprint density at radius 3 is 2.46 bits per heavy atom. The van der Waals surface area contributed by atoms with Gasteiger partial charge in [-0.05, 0) is 38.6 Å². The first-order valence-electron chi connectivity index (χ1n) is 8.56. The molecule has 0 aliphatic carbocycles. The van der Waals surface area contributed by atoms with Gasteiger partial charge in [0.2, 0.25) is 0 Å². The first kappa shape index (κ1) is 18.1. The van der Waals surface area contributed by atoms with Gasteiger partial charge < -0.3 is 10.6 Å². The van der Waals surface area contributed by atoms with E-state index in [0.29, 0.717) is 11.7 Å². The second kappa shape index (κ2) is 7.70. The van der Waals surface area contributed by atoms with E-state index < -0.39 is 0 Å². The van der Waals surface area contributed by atoms with Crippen LogP contribution in [0.1, 0.15) is 28.2 Å². The number of rotatable bonds is 5. The van der Waals surface area contributed by atoms with Crippen LogP contribution in [0.25, 0.3) is 0 Å². The van der Waals surface area contributed by atoms with Crippen LogP contribution in [-0.2, 0) is 20.1 Å². The van der Waals surface area contributed by atoms with Crippen LogP contribution in [0.2, 0.25) is 0 Å². The highest BCUT2D eigenvalue weighted by molar-refractivity contribution is 7.80. The number of benzene rings is 1. The lowest BCUT2D eigenvalue weighted by molar-refractivity contribution is 0.659. The SMILES string of the molecule is Cc1nn(C)cc1CNC(=S)Nc1c(C)nn(Cc2ccccc2)c1C. The Morgan fingerprint density at radius 2 is 1.81 bits per heavy atom. The van der Waals surface area contributed by atoms with Crippen LogP contribution in [0, 0.1) is 20.8 Å². The fraction of sp³-hybridized carbons (Fsp3) is 0.316. The van der Waals surface area contributed by atoms with Gasteiger partial charge in [0.15, 0.2) is 5.11 Å². The van der Waals surface area contributed by atoms with Crippen molar-refractivity contribution in [3.63, 3.8) is 0 Å². The van der Waals surface area contributed by atoms with Gasteiger partial charge in [0.1, 0.15) is 0 Å². The van der Waals surface area contributed by atoms with E-state index in [-0.39, 0.29) is 0 Å². The summed E-state index contributed by atoms with van der Waals surface area (Å²) in [5, 5.41) is 16.1. The van der Waals surface area contributed by atoms with Gasteiger partial charge in [-0.25, -0.2) is 0 Å². The molecule has 0 fully saturated rings. The molecule has 0 saturated carbocycles. The third-order valence-corrected chi connectivity index (χ3v) is 4.60. The van der Waals surface area contributed by atoms with E-state index in [1.807, 2.05) is 54.7 Å². The monoisotopic (exact) mass is 368 g/mol. The maximum Gasteiger partial charge on any atom is 0.171 e. The lowest BCUT2D eigenvalue weighted by Crippen LogP contribution is -2.28. The van der Waals surface area contributed by atoms with Gasteiger partial charge in [0.25, 0.3) is 0 Å². The van der Waals surface area contributed by atoms with Gasteiger partial charge in [-0.15, -0.1) is 0 Å². The highest BCUT2D eigenvalue weighted by atomic mass is 32.1. The predicted molar refractivity (Wildman–Crippen MR) is 108 cm³/mol. The topological polar surface area (TPSA) is 59.7 Å². The maximum absolute atomic E-state index is 5.46. The molecule has 0 aliphatic rings. The van der Waals surface area contributed by atoms with E-state index in [2.05, 4.69) is 39.9 Å². The predicted octanol–water partition coefficient (Wildman–Crippen LogP) is 3.08. The Balaban J connectivity index is 1.65. The van der Waals surface area contributed by atoms with Crippen molar-refractivity contribution in [3.05, 3.63) is 64.7 Å². The van der Waals surface area contributed by atoms with Crippen LogP contribution in [0.3, 0.4) is 0 Å². The van der Waals surface area contributed by atoms with Crippen molar-refractivity contribution in [2.75, 3.05) is 5.32 Å². The smallest absolute Gasteiger partial charge is 0.171 e.